The van der Waals surface area contributed by atoms with Crippen LogP contribution in [0.1, 0.15) is 28.8 Å². The molecular formula is C12H14N2O. The highest BCUT2D eigenvalue weighted by Gasteiger charge is 2.33. The summed E-state index contributed by atoms with van der Waals surface area (Å²) in [6.45, 7) is 1.80. The maximum absolute atomic E-state index is 12.1. The van der Waals surface area contributed by atoms with Crippen LogP contribution in [-0.2, 0) is 6.54 Å². The number of hydrogen-bond donors (Lipinski definition) is 1. The van der Waals surface area contributed by atoms with Crippen LogP contribution < -0.4 is 5.32 Å². The SMILES string of the molecule is O=C1c2ccccc2CN1C1CCCN1. The summed E-state index contributed by atoms with van der Waals surface area (Å²) in [5.74, 6) is 0.185. The summed E-state index contributed by atoms with van der Waals surface area (Å²) in [6, 6.07) is 7.90. The Labute approximate surface area is 89.1 Å². The van der Waals surface area contributed by atoms with E-state index in [0.29, 0.717) is 0 Å². The van der Waals surface area contributed by atoms with Crippen molar-refractivity contribution >= 4 is 5.91 Å². The molecule has 1 fully saturated rings. The molecule has 0 spiro atoms. The molecule has 1 aromatic carbocycles. The van der Waals surface area contributed by atoms with Crippen LogP contribution in [0.25, 0.3) is 0 Å². The molecule has 2 heterocycles. The number of nitrogens with zero attached hydrogens (tertiary/aromatic N) is 1. The second kappa shape index (κ2) is 3.35. The third kappa shape index (κ3) is 1.35. The van der Waals surface area contributed by atoms with Crippen LogP contribution in [0.4, 0.5) is 0 Å². The van der Waals surface area contributed by atoms with Crippen molar-refractivity contribution in [2.24, 2.45) is 0 Å². The van der Waals surface area contributed by atoms with E-state index in [1.165, 1.54) is 6.42 Å². The predicted molar refractivity (Wildman–Crippen MR) is 57.3 cm³/mol. The first-order chi connectivity index (χ1) is 7.36. The van der Waals surface area contributed by atoms with Gasteiger partial charge in [-0.3, -0.25) is 10.1 Å². The lowest BCUT2D eigenvalue weighted by atomic mass is 10.1. The Morgan fingerprint density at radius 3 is 2.93 bits per heavy atom. The highest BCUT2D eigenvalue weighted by molar-refractivity contribution is 5.98. The zero-order chi connectivity index (χ0) is 10.3. The number of carbonyl (C=O) groups excluding carboxylic acids is 1. The van der Waals surface area contributed by atoms with Gasteiger partial charge in [-0.25, -0.2) is 0 Å². The van der Waals surface area contributed by atoms with Crippen LogP contribution in [0.5, 0.6) is 0 Å². The molecule has 1 unspecified atom stereocenters. The van der Waals surface area contributed by atoms with E-state index in [1.807, 2.05) is 29.2 Å². The van der Waals surface area contributed by atoms with Crippen LogP contribution in [0.3, 0.4) is 0 Å². The Morgan fingerprint density at radius 2 is 2.20 bits per heavy atom. The summed E-state index contributed by atoms with van der Waals surface area (Å²) >= 11 is 0. The molecular weight excluding hydrogens is 188 g/mol. The molecule has 3 nitrogen and oxygen atoms in total. The number of amides is 1. The van der Waals surface area contributed by atoms with Crippen molar-refractivity contribution in [3.8, 4) is 0 Å². The Morgan fingerprint density at radius 1 is 1.33 bits per heavy atom. The molecule has 2 aliphatic heterocycles. The fourth-order valence-corrected chi connectivity index (χ4v) is 2.46. The molecule has 3 rings (SSSR count). The summed E-state index contributed by atoms with van der Waals surface area (Å²) in [4.78, 5) is 14.0. The number of nitrogens with one attached hydrogen (secondary N) is 1. The lowest BCUT2D eigenvalue weighted by molar-refractivity contribution is 0.0687. The van der Waals surface area contributed by atoms with E-state index in [-0.39, 0.29) is 12.1 Å². The zero-order valence-electron chi connectivity index (χ0n) is 8.57. The van der Waals surface area contributed by atoms with Crippen LogP contribution in [0.15, 0.2) is 24.3 Å². The Kier molecular flexibility index (Phi) is 1.99. The molecule has 2 aliphatic rings. The second-order valence-corrected chi connectivity index (χ2v) is 4.20. The van der Waals surface area contributed by atoms with E-state index in [0.717, 1.165) is 30.6 Å². The van der Waals surface area contributed by atoms with E-state index < -0.39 is 0 Å². The third-order valence-electron chi connectivity index (χ3n) is 3.26. The van der Waals surface area contributed by atoms with Crippen molar-refractivity contribution in [1.82, 2.24) is 10.2 Å². The zero-order valence-corrected chi connectivity index (χ0v) is 8.57. The fourth-order valence-electron chi connectivity index (χ4n) is 2.46. The van der Waals surface area contributed by atoms with Crippen molar-refractivity contribution in [1.29, 1.82) is 0 Å². The van der Waals surface area contributed by atoms with Gasteiger partial charge in [0, 0.05) is 12.1 Å². The molecule has 15 heavy (non-hydrogen) atoms. The largest absolute Gasteiger partial charge is 0.319 e. The Balaban J connectivity index is 1.89. The maximum atomic E-state index is 12.1. The molecule has 0 saturated carbocycles. The molecule has 0 radical (unpaired) electrons. The third-order valence-corrected chi connectivity index (χ3v) is 3.26. The molecule has 1 aromatic rings. The highest BCUT2D eigenvalue weighted by Crippen LogP contribution is 2.26. The van der Waals surface area contributed by atoms with Crippen molar-refractivity contribution in [2.75, 3.05) is 6.54 Å². The lowest BCUT2D eigenvalue weighted by Crippen LogP contribution is -2.41. The van der Waals surface area contributed by atoms with Gasteiger partial charge in [0.05, 0.1) is 6.17 Å². The topological polar surface area (TPSA) is 32.3 Å². The number of fused-ring (bicyclic) bond motifs is 1. The van der Waals surface area contributed by atoms with Gasteiger partial charge in [-0.2, -0.15) is 0 Å². The van der Waals surface area contributed by atoms with Crippen molar-refractivity contribution < 1.29 is 4.79 Å². The van der Waals surface area contributed by atoms with E-state index in [1.54, 1.807) is 0 Å². The van der Waals surface area contributed by atoms with Gasteiger partial charge in [0.15, 0.2) is 0 Å². The van der Waals surface area contributed by atoms with Crippen molar-refractivity contribution in [3.63, 3.8) is 0 Å². The highest BCUT2D eigenvalue weighted by atomic mass is 16.2. The number of hydrogen-bond acceptors (Lipinski definition) is 2. The van der Waals surface area contributed by atoms with Gasteiger partial charge in [0.2, 0.25) is 0 Å². The van der Waals surface area contributed by atoms with Crippen molar-refractivity contribution in [3.05, 3.63) is 35.4 Å². The van der Waals surface area contributed by atoms with Crippen molar-refractivity contribution in [2.45, 2.75) is 25.6 Å². The van der Waals surface area contributed by atoms with E-state index in [2.05, 4.69) is 5.32 Å². The molecule has 1 amide bonds. The van der Waals surface area contributed by atoms with E-state index >= 15 is 0 Å². The molecule has 0 aromatic heterocycles. The quantitative estimate of drug-likeness (QED) is 0.745. The van der Waals surface area contributed by atoms with Gasteiger partial charge in [0.25, 0.3) is 5.91 Å². The van der Waals surface area contributed by atoms with Gasteiger partial charge in [-0.15, -0.1) is 0 Å². The van der Waals surface area contributed by atoms with E-state index in [9.17, 15) is 4.79 Å². The average Bonchev–Trinajstić information content (AvgIpc) is 2.87. The fraction of sp³-hybridized carbons (Fsp3) is 0.417. The second-order valence-electron chi connectivity index (χ2n) is 4.20. The number of rotatable bonds is 1. The number of benzene rings is 1. The van der Waals surface area contributed by atoms with Gasteiger partial charge in [-0.1, -0.05) is 18.2 Å². The Bertz CT molecular complexity index is 396. The summed E-state index contributed by atoms with van der Waals surface area (Å²) in [7, 11) is 0. The molecule has 1 atom stereocenters. The lowest BCUT2D eigenvalue weighted by Gasteiger charge is -2.23. The molecule has 3 heteroatoms. The van der Waals surface area contributed by atoms with Gasteiger partial charge < -0.3 is 4.90 Å². The summed E-state index contributed by atoms with van der Waals surface area (Å²) in [6.07, 6.45) is 2.51. The minimum absolute atomic E-state index is 0.185. The maximum Gasteiger partial charge on any atom is 0.255 e. The molecule has 0 bridgehead atoms. The first kappa shape index (κ1) is 8.92. The van der Waals surface area contributed by atoms with Gasteiger partial charge >= 0.3 is 0 Å². The smallest absolute Gasteiger partial charge is 0.255 e. The first-order valence-corrected chi connectivity index (χ1v) is 5.48. The van der Waals surface area contributed by atoms with Gasteiger partial charge in [0.1, 0.15) is 0 Å². The summed E-state index contributed by atoms with van der Waals surface area (Å²) < 4.78 is 0. The minimum atomic E-state index is 0.185. The van der Waals surface area contributed by atoms with Crippen LogP contribution >= 0.6 is 0 Å². The standard InChI is InChI=1S/C12H14N2O/c15-12-10-5-2-1-4-9(10)8-14(12)11-6-3-7-13-11/h1-2,4-5,11,13H,3,6-8H2. The van der Waals surface area contributed by atoms with Crippen LogP contribution in [0.2, 0.25) is 0 Å². The molecule has 0 aliphatic carbocycles. The predicted octanol–water partition coefficient (Wildman–Crippen LogP) is 1.35. The van der Waals surface area contributed by atoms with E-state index in [4.69, 9.17) is 0 Å². The monoisotopic (exact) mass is 202 g/mol. The summed E-state index contributed by atoms with van der Waals surface area (Å²) in [5, 5.41) is 3.37. The van der Waals surface area contributed by atoms with Gasteiger partial charge in [-0.05, 0) is 31.0 Å². The normalized spacial score (nSPS) is 24.7. The Hall–Kier alpha value is -1.35. The minimum Gasteiger partial charge on any atom is -0.319 e. The first-order valence-electron chi connectivity index (χ1n) is 5.48. The molecule has 1 N–H and O–H groups in total. The molecule has 1 saturated heterocycles. The average molecular weight is 202 g/mol. The number of carbonyl (C=O) groups is 1. The van der Waals surface area contributed by atoms with Crippen LogP contribution in [0, 0.1) is 0 Å². The van der Waals surface area contributed by atoms with Crippen LogP contribution in [-0.4, -0.2) is 23.5 Å². The summed E-state index contributed by atoms with van der Waals surface area (Å²) in [5.41, 5.74) is 2.04. The molecule has 78 valence electrons.